The van der Waals surface area contributed by atoms with Crippen LogP contribution in [0.2, 0.25) is 5.02 Å². The van der Waals surface area contributed by atoms with E-state index >= 15 is 0 Å². The SMILES string of the molecule is Nc1ccnc(CSc2ccc(Cl)cc2)c1. The quantitative estimate of drug-likeness (QED) is 0.846. The number of hydrogen-bond donors (Lipinski definition) is 1. The number of benzene rings is 1. The molecule has 0 spiro atoms. The zero-order chi connectivity index (χ0) is 11.4. The van der Waals surface area contributed by atoms with E-state index in [1.165, 1.54) is 4.90 Å². The Balaban J connectivity index is 1.99. The average Bonchev–Trinajstić information content (AvgIpc) is 2.28. The highest BCUT2D eigenvalue weighted by Gasteiger charge is 1.98. The Kier molecular flexibility index (Phi) is 3.70. The molecule has 0 unspecified atom stereocenters. The summed E-state index contributed by atoms with van der Waals surface area (Å²) in [7, 11) is 0. The number of anilines is 1. The highest BCUT2D eigenvalue weighted by atomic mass is 35.5. The summed E-state index contributed by atoms with van der Waals surface area (Å²) in [5.41, 5.74) is 7.42. The lowest BCUT2D eigenvalue weighted by Gasteiger charge is -2.02. The van der Waals surface area contributed by atoms with E-state index < -0.39 is 0 Å². The Bertz CT molecular complexity index is 471. The van der Waals surface area contributed by atoms with Crippen molar-refractivity contribution in [3.05, 3.63) is 53.3 Å². The minimum Gasteiger partial charge on any atom is -0.399 e. The number of nitrogens with zero attached hydrogens (tertiary/aromatic N) is 1. The Hall–Kier alpha value is -1.19. The molecule has 0 saturated carbocycles. The summed E-state index contributed by atoms with van der Waals surface area (Å²) >= 11 is 7.53. The summed E-state index contributed by atoms with van der Waals surface area (Å²) in [6.07, 6.45) is 1.73. The number of rotatable bonds is 3. The lowest BCUT2D eigenvalue weighted by molar-refractivity contribution is 1.18. The third-order valence-corrected chi connectivity index (χ3v) is 3.34. The predicted octanol–water partition coefficient (Wildman–Crippen LogP) is 3.61. The first kappa shape index (κ1) is 11.3. The van der Waals surface area contributed by atoms with Gasteiger partial charge in [-0.1, -0.05) is 11.6 Å². The molecule has 16 heavy (non-hydrogen) atoms. The van der Waals surface area contributed by atoms with E-state index in [9.17, 15) is 0 Å². The minimum absolute atomic E-state index is 0.752. The van der Waals surface area contributed by atoms with Crippen molar-refractivity contribution in [2.75, 3.05) is 5.73 Å². The van der Waals surface area contributed by atoms with Crippen LogP contribution >= 0.6 is 23.4 Å². The van der Waals surface area contributed by atoms with Crippen molar-refractivity contribution in [3.63, 3.8) is 0 Å². The molecule has 0 radical (unpaired) electrons. The number of halogens is 1. The molecule has 0 saturated heterocycles. The summed E-state index contributed by atoms with van der Waals surface area (Å²) in [5, 5.41) is 0.756. The molecule has 0 fully saturated rings. The van der Waals surface area contributed by atoms with Gasteiger partial charge >= 0.3 is 0 Å². The van der Waals surface area contributed by atoms with Gasteiger partial charge in [-0.3, -0.25) is 4.98 Å². The van der Waals surface area contributed by atoms with E-state index in [-0.39, 0.29) is 0 Å². The van der Waals surface area contributed by atoms with E-state index in [2.05, 4.69) is 4.98 Å². The van der Waals surface area contributed by atoms with E-state index in [1.807, 2.05) is 30.3 Å². The van der Waals surface area contributed by atoms with Crippen LogP contribution in [-0.2, 0) is 5.75 Å². The van der Waals surface area contributed by atoms with Crippen LogP contribution < -0.4 is 5.73 Å². The maximum Gasteiger partial charge on any atom is 0.0526 e. The van der Waals surface area contributed by atoms with Gasteiger partial charge in [0.1, 0.15) is 0 Å². The Morgan fingerprint density at radius 1 is 1.19 bits per heavy atom. The van der Waals surface area contributed by atoms with Gasteiger partial charge in [0.05, 0.1) is 5.69 Å². The van der Waals surface area contributed by atoms with Gasteiger partial charge in [-0.05, 0) is 36.4 Å². The van der Waals surface area contributed by atoms with Gasteiger partial charge in [-0.15, -0.1) is 11.8 Å². The molecule has 82 valence electrons. The predicted molar refractivity (Wildman–Crippen MR) is 69.7 cm³/mol. The fraction of sp³-hybridized carbons (Fsp3) is 0.0833. The third-order valence-electron chi connectivity index (χ3n) is 2.04. The lowest BCUT2D eigenvalue weighted by Crippen LogP contribution is -1.90. The van der Waals surface area contributed by atoms with Crippen molar-refractivity contribution < 1.29 is 0 Å². The summed E-state index contributed by atoms with van der Waals surface area (Å²) in [4.78, 5) is 5.42. The molecule has 2 aromatic rings. The summed E-state index contributed by atoms with van der Waals surface area (Å²) in [5.74, 6) is 0.812. The molecule has 0 atom stereocenters. The number of hydrogen-bond acceptors (Lipinski definition) is 3. The van der Waals surface area contributed by atoms with Crippen LogP contribution in [0.1, 0.15) is 5.69 Å². The van der Waals surface area contributed by atoms with Crippen molar-refractivity contribution in [1.29, 1.82) is 0 Å². The zero-order valence-electron chi connectivity index (χ0n) is 8.56. The molecule has 1 aromatic carbocycles. The Labute approximate surface area is 104 Å². The first-order valence-electron chi connectivity index (χ1n) is 4.83. The molecule has 2 N–H and O–H groups in total. The molecule has 0 aliphatic carbocycles. The van der Waals surface area contributed by atoms with Gasteiger partial charge in [0.15, 0.2) is 0 Å². The smallest absolute Gasteiger partial charge is 0.0526 e. The number of nitrogens with two attached hydrogens (primary N) is 1. The van der Waals surface area contributed by atoms with Gasteiger partial charge in [0.2, 0.25) is 0 Å². The molecule has 1 heterocycles. The first-order chi connectivity index (χ1) is 7.74. The van der Waals surface area contributed by atoms with Gasteiger partial charge < -0.3 is 5.73 Å². The fourth-order valence-corrected chi connectivity index (χ4v) is 2.19. The van der Waals surface area contributed by atoms with Crippen LogP contribution in [0.25, 0.3) is 0 Å². The standard InChI is InChI=1S/C12H11ClN2S/c13-9-1-3-12(4-2-9)16-8-11-7-10(14)5-6-15-11/h1-7H,8H2,(H2,14,15). The highest BCUT2D eigenvalue weighted by molar-refractivity contribution is 7.98. The Morgan fingerprint density at radius 3 is 2.62 bits per heavy atom. The lowest BCUT2D eigenvalue weighted by atomic mass is 10.3. The summed E-state index contributed by atoms with van der Waals surface area (Å²) < 4.78 is 0. The van der Waals surface area contributed by atoms with Crippen LogP contribution in [0.15, 0.2) is 47.5 Å². The topological polar surface area (TPSA) is 38.9 Å². The normalized spacial score (nSPS) is 10.3. The van der Waals surface area contributed by atoms with Crippen molar-refractivity contribution in [3.8, 4) is 0 Å². The zero-order valence-corrected chi connectivity index (χ0v) is 10.1. The summed E-state index contributed by atoms with van der Waals surface area (Å²) in [6, 6.07) is 11.4. The van der Waals surface area contributed by atoms with E-state index in [1.54, 1.807) is 24.0 Å². The van der Waals surface area contributed by atoms with Crippen LogP contribution in [0.5, 0.6) is 0 Å². The summed E-state index contributed by atoms with van der Waals surface area (Å²) in [6.45, 7) is 0. The van der Waals surface area contributed by atoms with Crippen LogP contribution in [0.3, 0.4) is 0 Å². The molecule has 0 aliphatic rings. The fourth-order valence-electron chi connectivity index (χ4n) is 1.26. The number of pyridine rings is 1. The van der Waals surface area contributed by atoms with Gasteiger partial charge in [-0.25, -0.2) is 0 Å². The van der Waals surface area contributed by atoms with Crippen molar-refractivity contribution in [1.82, 2.24) is 4.98 Å². The second kappa shape index (κ2) is 5.23. The molecule has 0 bridgehead atoms. The second-order valence-corrected chi connectivity index (χ2v) is 4.81. The monoisotopic (exact) mass is 250 g/mol. The van der Waals surface area contributed by atoms with Crippen molar-refractivity contribution in [2.45, 2.75) is 10.6 Å². The van der Waals surface area contributed by atoms with Crippen molar-refractivity contribution in [2.24, 2.45) is 0 Å². The largest absolute Gasteiger partial charge is 0.399 e. The maximum atomic E-state index is 5.81. The first-order valence-corrected chi connectivity index (χ1v) is 6.19. The molecule has 4 heteroatoms. The van der Waals surface area contributed by atoms with Gasteiger partial charge in [-0.2, -0.15) is 0 Å². The third kappa shape index (κ3) is 3.15. The molecule has 2 rings (SSSR count). The number of aromatic nitrogens is 1. The average molecular weight is 251 g/mol. The minimum atomic E-state index is 0.752. The van der Waals surface area contributed by atoms with E-state index in [4.69, 9.17) is 17.3 Å². The maximum absolute atomic E-state index is 5.81. The number of nitrogen functional groups attached to an aromatic ring is 1. The molecule has 2 nitrogen and oxygen atoms in total. The van der Waals surface area contributed by atoms with E-state index in [0.717, 1.165) is 22.2 Å². The molecular formula is C12H11ClN2S. The molecule has 1 aromatic heterocycles. The highest BCUT2D eigenvalue weighted by Crippen LogP contribution is 2.23. The van der Waals surface area contributed by atoms with Crippen molar-refractivity contribution >= 4 is 29.1 Å². The molecule has 0 aliphatic heterocycles. The van der Waals surface area contributed by atoms with E-state index in [0.29, 0.717) is 0 Å². The van der Waals surface area contributed by atoms with Gasteiger partial charge in [0.25, 0.3) is 0 Å². The van der Waals surface area contributed by atoms with Gasteiger partial charge in [0, 0.05) is 27.6 Å². The van der Waals surface area contributed by atoms with Crippen LogP contribution in [0.4, 0.5) is 5.69 Å². The Morgan fingerprint density at radius 2 is 1.94 bits per heavy atom. The second-order valence-electron chi connectivity index (χ2n) is 3.32. The number of thioether (sulfide) groups is 1. The van der Waals surface area contributed by atoms with Crippen LogP contribution in [0, 0.1) is 0 Å². The molecular weight excluding hydrogens is 240 g/mol. The molecule has 0 amide bonds. The van der Waals surface area contributed by atoms with Crippen LogP contribution in [-0.4, -0.2) is 4.98 Å².